The fraction of sp³-hybridized carbons (Fsp3) is 0.480. The number of thioether (sulfide) groups is 1. The number of carbonyl (C=O) groups is 1. The average Bonchev–Trinajstić information content (AvgIpc) is 3.60. The molecule has 2 aliphatic carbocycles. The van der Waals surface area contributed by atoms with Crippen LogP contribution in [0.25, 0.3) is 10.2 Å². The first kappa shape index (κ1) is 22.5. The molecule has 1 unspecified atom stereocenters. The highest BCUT2D eigenvalue weighted by molar-refractivity contribution is 7.98. The summed E-state index contributed by atoms with van der Waals surface area (Å²) in [7, 11) is 1.66. The van der Waals surface area contributed by atoms with Crippen molar-refractivity contribution in [3.8, 4) is 5.75 Å². The van der Waals surface area contributed by atoms with E-state index in [9.17, 15) is 9.59 Å². The van der Waals surface area contributed by atoms with Gasteiger partial charge in [0.25, 0.3) is 5.56 Å². The minimum Gasteiger partial charge on any atom is -0.497 e. The molecule has 5 rings (SSSR count). The summed E-state index contributed by atoms with van der Waals surface area (Å²) in [6.45, 7) is 0. The van der Waals surface area contributed by atoms with Crippen molar-refractivity contribution in [3.63, 3.8) is 0 Å². The summed E-state index contributed by atoms with van der Waals surface area (Å²) >= 11 is 3.31. The number of nitrogens with one attached hydrogen (secondary N) is 2. The summed E-state index contributed by atoms with van der Waals surface area (Å²) in [6.07, 6.45) is 7.15. The normalized spacial score (nSPS) is 16.4. The number of hydrogen-bond donors (Lipinski definition) is 2. The van der Waals surface area contributed by atoms with Gasteiger partial charge < -0.3 is 15.0 Å². The standard InChI is InChI=1S/C25H29N3O3S2/c1-31-17-10-8-16(9-11-17)23(15-6-7-15)28-21(29)12-13-32-14-20-26-24(30)22-18-4-2-3-5-19(18)33-25(22)27-20/h8-11,15,23H,2-7,12-14H2,1H3,(H,28,29)(H,26,27,30). The van der Waals surface area contributed by atoms with Gasteiger partial charge in [-0.25, -0.2) is 4.98 Å². The molecule has 2 heterocycles. The zero-order valence-electron chi connectivity index (χ0n) is 18.8. The molecule has 0 saturated heterocycles. The predicted molar refractivity (Wildman–Crippen MR) is 134 cm³/mol. The molecule has 8 heteroatoms. The molecule has 1 amide bonds. The second kappa shape index (κ2) is 9.89. The third-order valence-corrected chi connectivity index (χ3v) is 8.63. The number of hydrogen-bond acceptors (Lipinski definition) is 6. The molecular weight excluding hydrogens is 454 g/mol. The minimum atomic E-state index is -0.0143. The van der Waals surface area contributed by atoms with Crippen molar-refractivity contribution in [1.82, 2.24) is 15.3 Å². The van der Waals surface area contributed by atoms with Crippen LogP contribution in [0.5, 0.6) is 5.75 Å². The Bertz CT molecular complexity index is 1200. The molecule has 0 spiro atoms. The van der Waals surface area contributed by atoms with Gasteiger partial charge in [-0.05, 0) is 67.7 Å². The van der Waals surface area contributed by atoms with Gasteiger partial charge in [-0.1, -0.05) is 12.1 Å². The van der Waals surface area contributed by atoms with E-state index in [-0.39, 0.29) is 17.5 Å². The Morgan fingerprint density at radius 3 is 2.82 bits per heavy atom. The first-order chi connectivity index (χ1) is 16.1. The Morgan fingerprint density at radius 2 is 2.06 bits per heavy atom. The molecule has 1 aromatic carbocycles. The maximum Gasteiger partial charge on any atom is 0.259 e. The van der Waals surface area contributed by atoms with Crippen molar-refractivity contribution < 1.29 is 9.53 Å². The van der Waals surface area contributed by atoms with E-state index in [1.165, 1.54) is 16.9 Å². The Labute approximate surface area is 201 Å². The Balaban J connectivity index is 1.15. The van der Waals surface area contributed by atoms with Gasteiger partial charge in [0.05, 0.1) is 24.3 Å². The van der Waals surface area contributed by atoms with Crippen LogP contribution < -0.4 is 15.6 Å². The monoisotopic (exact) mass is 483 g/mol. The number of amides is 1. The number of benzene rings is 1. The van der Waals surface area contributed by atoms with Crippen LogP contribution in [0.3, 0.4) is 0 Å². The molecule has 1 saturated carbocycles. The van der Waals surface area contributed by atoms with E-state index < -0.39 is 0 Å². The molecule has 2 aliphatic rings. The van der Waals surface area contributed by atoms with Crippen LogP contribution in [0, 0.1) is 5.92 Å². The van der Waals surface area contributed by atoms with E-state index in [0.717, 1.165) is 53.6 Å². The summed E-state index contributed by atoms with van der Waals surface area (Å²) in [6, 6.07) is 8.04. The van der Waals surface area contributed by atoms with Gasteiger partial charge in [0, 0.05) is 17.1 Å². The van der Waals surface area contributed by atoms with E-state index in [1.807, 2.05) is 24.3 Å². The molecule has 6 nitrogen and oxygen atoms in total. The van der Waals surface area contributed by atoms with Crippen molar-refractivity contribution in [3.05, 3.63) is 56.4 Å². The third kappa shape index (κ3) is 5.11. The molecule has 1 fully saturated rings. The molecule has 0 radical (unpaired) electrons. The lowest BCUT2D eigenvalue weighted by Crippen LogP contribution is -2.30. The van der Waals surface area contributed by atoms with Crippen LogP contribution in [0.1, 0.15) is 60.0 Å². The van der Waals surface area contributed by atoms with E-state index in [1.54, 1.807) is 30.2 Å². The molecule has 2 N–H and O–H groups in total. The second-order valence-electron chi connectivity index (χ2n) is 8.86. The summed E-state index contributed by atoms with van der Waals surface area (Å²) in [5, 5.41) is 4.03. The van der Waals surface area contributed by atoms with E-state index >= 15 is 0 Å². The van der Waals surface area contributed by atoms with Crippen molar-refractivity contribution in [2.75, 3.05) is 12.9 Å². The summed E-state index contributed by atoms with van der Waals surface area (Å²) in [5.41, 5.74) is 2.33. The van der Waals surface area contributed by atoms with Crippen LogP contribution in [0.4, 0.5) is 0 Å². The number of rotatable bonds is 9. The van der Waals surface area contributed by atoms with E-state index in [0.29, 0.717) is 29.7 Å². The van der Waals surface area contributed by atoms with Gasteiger partial charge in [0.1, 0.15) is 16.4 Å². The molecule has 0 bridgehead atoms. The zero-order valence-corrected chi connectivity index (χ0v) is 20.4. The Kier molecular flexibility index (Phi) is 6.74. The average molecular weight is 484 g/mol. The van der Waals surface area contributed by atoms with Crippen molar-refractivity contribution in [2.45, 2.75) is 56.7 Å². The highest BCUT2D eigenvalue weighted by Gasteiger charge is 2.33. The number of nitrogens with zero attached hydrogens (tertiary/aromatic N) is 1. The number of aromatic amines is 1. The Hall–Kier alpha value is -2.32. The lowest BCUT2D eigenvalue weighted by molar-refractivity contribution is -0.121. The first-order valence-electron chi connectivity index (χ1n) is 11.7. The van der Waals surface area contributed by atoms with Gasteiger partial charge in [0.2, 0.25) is 5.91 Å². The first-order valence-corrected chi connectivity index (χ1v) is 13.6. The number of H-pyrrole nitrogens is 1. The number of thiophene rings is 1. The molecule has 1 atom stereocenters. The lowest BCUT2D eigenvalue weighted by atomic mass is 9.97. The number of fused-ring (bicyclic) bond motifs is 3. The van der Waals surface area contributed by atoms with Gasteiger partial charge in [-0.15, -0.1) is 11.3 Å². The largest absolute Gasteiger partial charge is 0.497 e. The molecule has 2 aromatic heterocycles. The van der Waals surface area contributed by atoms with Crippen LogP contribution in [0.2, 0.25) is 0 Å². The van der Waals surface area contributed by atoms with Crippen LogP contribution >= 0.6 is 23.1 Å². The van der Waals surface area contributed by atoms with Crippen molar-refractivity contribution >= 4 is 39.2 Å². The van der Waals surface area contributed by atoms with Gasteiger partial charge in [-0.2, -0.15) is 11.8 Å². The van der Waals surface area contributed by atoms with Gasteiger partial charge >= 0.3 is 0 Å². The molecule has 174 valence electrons. The van der Waals surface area contributed by atoms with Gasteiger partial charge in [-0.3, -0.25) is 9.59 Å². The maximum absolute atomic E-state index is 12.7. The SMILES string of the molecule is COc1ccc(C(NC(=O)CCSCc2nc3sc4c(c3c(=O)[nH]2)CCCC4)C2CC2)cc1. The third-order valence-electron chi connectivity index (χ3n) is 6.47. The number of carbonyl (C=O) groups excluding carboxylic acids is 1. The van der Waals surface area contributed by atoms with Crippen molar-refractivity contribution in [1.29, 1.82) is 0 Å². The van der Waals surface area contributed by atoms with E-state index in [4.69, 9.17) is 9.72 Å². The summed E-state index contributed by atoms with van der Waals surface area (Å²) in [5.74, 6) is 3.40. The van der Waals surface area contributed by atoms with Crippen LogP contribution in [0.15, 0.2) is 29.1 Å². The Morgan fingerprint density at radius 1 is 1.27 bits per heavy atom. The number of methoxy groups -OCH3 is 1. The molecule has 33 heavy (non-hydrogen) atoms. The fourth-order valence-electron chi connectivity index (χ4n) is 4.57. The number of ether oxygens (including phenoxy) is 1. The second-order valence-corrected chi connectivity index (χ2v) is 11.1. The van der Waals surface area contributed by atoms with Crippen LogP contribution in [-0.4, -0.2) is 28.7 Å². The zero-order chi connectivity index (χ0) is 22.8. The highest BCUT2D eigenvalue weighted by Crippen LogP contribution is 2.41. The maximum atomic E-state index is 12.7. The highest BCUT2D eigenvalue weighted by atomic mass is 32.2. The quantitative estimate of drug-likeness (QED) is 0.429. The predicted octanol–water partition coefficient (Wildman–Crippen LogP) is 4.76. The van der Waals surface area contributed by atoms with Crippen LogP contribution in [-0.2, 0) is 23.4 Å². The topological polar surface area (TPSA) is 84.1 Å². The summed E-state index contributed by atoms with van der Waals surface area (Å²) < 4.78 is 5.24. The molecule has 0 aliphatic heterocycles. The summed E-state index contributed by atoms with van der Waals surface area (Å²) in [4.78, 5) is 35.2. The molecular formula is C25H29N3O3S2. The lowest BCUT2D eigenvalue weighted by Gasteiger charge is -2.19. The molecule has 3 aromatic rings. The minimum absolute atomic E-state index is 0.0143. The van der Waals surface area contributed by atoms with Gasteiger partial charge in [0.15, 0.2) is 0 Å². The van der Waals surface area contributed by atoms with E-state index in [2.05, 4.69) is 10.3 Å². The fourth-order valence-corrected chi connectivity index (χ4v) is 6.66. The number of aromatic nitrogens is 2. The van der Waals surface area contributed by atoms with Crippen molar-refractivity contribution in [2.24, 2.45) is 5.92 Å². The smallest absolute Gasteiger partial charge is 0.259 e. The number of aryl methyl sites for hydroxylation is 2.